The Morgan fingerprint density at radius 1 is 0.923 bits per heavy atom. The summed E-state index contributed by atoms with van der Waals surface area (Å²) >= 11 is 15.0. The quantitative estimate of drug-likeness (QED) is 0.244. The highest BCUT2D eigenvalue weighted by atomic mass is 127. The lowest BCUT2D eigenvalue weighted by molar-refractivity contribution is -0.140. The smallest absolute Gasteiger partial charge is 0.264 e. The number of hydrogen-bond acceptors (Lipinski definition) is 4. The molecule has 208 valence electrons. The van der Waals surface area contributed by atoms with E-state index in [4.69, 9.17) is 23.2 Å². The molecule has 1 atom stereocenters. The Labute approximate surface area is 253 Å². The average Bonchev–Trinajstić information content (AvgIpc) is 2.89. The van der Waals surface area contributed by atoms with Gasteiger partial charge in [0.1, 0.15) is 12.6 Å². The van der Waals surface area contributed by atoms with Crippen LogP contribution in [0, 0.1) is 3.57 Å². The van der Waals surface area contributed by atoms with Crippen molar-refractivity contribution in [1.82, 2.24) is 10.2 Å². The maximum Gasteiger partial charge on any atom is 0.264 e. The van der Waals surface area contributed by atoms with E-state index in [1.165, 1.54) is 17.0 Å². The molecule has 1 unspecified atom stereocenters. The minimum absolute atomic E-state index is 0.0432. The molecule has 0 fully saturated rings. The zero-order valence-corrected chi connectivity index (χ0v) is 26.3. The molecule has 0 saturated carbocycles. The number of carbonyl (C=O) groups excluding carboxylic acids is 2. The minimum Gasteiger partial charge on any atom is -0.352 e. The third-order valence-electron chi connectivity index (χ3n) is 5.93. The van der Waals surface area contributed by atoms with E-state index in [0.717, 1.165) is 7.88 Å². The Morgan fingerprint density at radius 2 is 1.51 bits per heavy atom. The molecule has 0 radical (unpaired) electrons. The van der Waals surface area contributed by atoms with Gasteiger partial charge in [-0.15, -0.1) is 0 Å². The first-order chi connectivity index (χ1) is 18.4. The van der Waals surface area contributed by atoms with Crippen LogP contribution in [-0.4, -0.2) is 43.8 Å². The van der Waals surface area contributed by atoms with Gasteiger partial charge in [0.05, 0.1) is 10.6 Å². The highest BCUT2D eigenvalue weighted by molar-refractivity contribution is 14.1. The van der Waals surface area contributed by atoms with Gasteiger partial charge in [0.2, 0.25) is 11.8 Å². The van der Waals surface area contributed by atoms with Crippen LogP contribution in [0.1, 0.15) is 32.8 Å². The van der Waals surface area contributed by atoms with Crippen LogP contribution in [0.5, 0.6) is 0 Å². The second-order valence-corrected chi connectivity index (χ2v) is 13.0. The van der Waals surface area contributed by atoms with E-state index in [0.29, 0.717) is 27.7 Å². The second-order valence-electron chi connectivity index (χ2n) is 9.11. The van der Waals surface area contributed by atoms with Gasteiger partial charge >= 0.3 is 0 Å². The highest BCUT2D eigenvalue weighted by Crippen LogP contribution is 2.29. The number of rotatable bonds is 11. The summed E-state index contributed by atoms with van der Waals surface area (Å²) in [5.74, 6) is -0.925. The topological polar surface area (TPSA) is 86.8 Å². The van der Waals surface area contributed by atoms with Gasteiger partial charge in [-0.05, 0) is 91.4 Å². The number of anilines is 1. The normalized spacial score (nSPS) is 12.2. The van der Waals surface area contributed by atoms with Crippen LogP contribution < -0.4 is 9.62 Å². The fourth-order valence-corrected chi connectivity index (χ4v) is 6.32. The first-order valence-corrected chi connectivity index (χ1v) is 15.6. The van der Waals surface area contributed by atoms with E-state index < -0.39 is 28.5 Å². The minimum atomic E-state index is -4.13. The predicted octanol–water partition coefficient (Wildman–Crippen LogP) is 6.13. The number of nitrogens with one attached hydrogen (secondary N) is 1. The lowest BCUT2D eigenvalue weighted by Crippen LogP contribution is -2.53. The van der Waals surface area contributed by atoms with E-state index in [-0.39, 0.29) is 23.4 Å². The molecule has 7 nitrogen and oxygen atoms in total. The van der Waals surface area contributed by atoms with Crippen molar-refractivity contribution in [3.63, 3.8) is 0 Å². The molecule has 0 aliphatic carbocycles. The summed E-state index contributed by atoms with van der Waals surface area (Å²) in [5.41, 5.74) is 0.791. The van der Waals surface area contributed by atoms with E-state index in [1.54, 1.807) is 67.6 Å². The molecule has 0 heterocycles. The average molecular weight is 702 g/mol. The molecule has 0 bridgehead atoms. The molecule has 0 aliphatic heterocycles. The van der Waals surface area contributed by atoms with E-state index in [1.807, 2.05) is 13.8 Å². The maximum atomic E-state index is 14.0. The lowest BCUT2D eigenvalue weighted by atomic mass is 10.1. The standard InChI is InChI=1S/C28H30Cl2IN3O4S/c1-4-26(28(36)32-19(2)3)33(17-23-24(29)11-8-12-25(23)30)27(35)18-34(21-15-13-20(31)14-16-21)39(37,38)22-9-6-5-7-10-22/h5-16,19,26H,4,17-18H2,1-3H3,(H,32,36). The van der Waals surface area contributed by atoms with Crippen molar-refractivity contribution >= 4 is 73.3 Å². The van der Waals surface area contributed by atoms with Gasteiger partial charge < -0.3 is 10.2 Å². The summed E-state index contributed by atoms with van der Waals surface area (Å²) in [6, 6.07) is 18.7. The summed E-state index contributed by atoms with van der Waals surface area (Å²) in [6.45, 7) is 4.83. The van der Waals surface area contributed by atoms with E-state index in [2.05, 4.69) is 27.9 Å². The fourth-order valence-electron chi connectivity index (χ4n) is 4.01. The van der Waals surface area contributed by atoms with Crippen molar-refractivity contribution in [2.75, 3.05) is 10.8 Å². The molecule has 0 spiro atoms. The van der Waals surface area contributed by atoms with Gasteiger partial charge in [-0.3, -0.25) is 13.9 Å². The van der Waals surface area contributed by atoms with Crippen molar-refractivity contribution in [2.45, 2.75) is 50.7 Å². The van der Waals surface area contributed by atoms with Crippen LogP contribution in [0.2, 0.25) is 10.0 Å². The molecule has 3 aromatic carbocycles. The molecular formula is C28H30Cl2IN3O4S. The molecule has 2 amide bonds. The number of carbonyl (C=O) groups is 2. The summed E-state index contributed by atoms with van der Waals surface area (Å²) < 4.78 is 29.6. The number of sulfonamides is 1. The zero-order valence-electron chi connectivity index (χ0n) is 21.8. The van der Waals surface area contributed by atoms with Gasteiger partial charge in [0, 0.05) is 31.8 Å². The molecule has 0 aliphatic rings. The Kier molecular flexibility index (Phi) is 11.1. The SMILES string of the molecule is CCC(C(=O)NC(C)C)N(Cc1c(Cl)cccc1Cl)C(=O)CN(c1ccc(I)cc1)S(=O)(=O)c1ccccc1. The Morgan fingerprint density at radius 3 is 2.05 bits per heavy atom. The van der Waals surface area contributed by atoms with Crippen molar-refractivity contribution in [3.8, 4) is 0 Å². The molecule has 39 heavy (non-hydrogen) atoms. The van der Waals surface area contributed by atoms with Crippen LogP contribution in [0.4, 0.5) is 5.69 Å². The van der Waals surface area contributed by atoms with Crippen molar-refractivity contribution < 1.29 is 18.0 Å². The maximum absolute atomic E-state index is 14.0. The van der Waals surface area contributed by atoms with Crippen molar-refractivity contribution in [3.05, 3.63) is 92.0 Å². The lowest BCUT2D eigenvalue weighted by Gasteiger charge is -2.34. The van der Waals surface area contributed by atoms with Gasteiger partial charge in [-0.25, -0.2) is 8.42 Å². The predicted molar refractivity (Wildman–Crippen MR) is 165 cm³/mol. The fraction of sp³-hybridized carbons (Fsp3) is 0.286. The van der Waals surface area contributed by atoms with Gasteiger partial charge in [0.15, 0.2) is 0 Å². The van der Waals surface area contributed by atoms with Crippen LogP contribution in [0.15, 0.2) is 77.7 Å². The number of benzene rings is 3. The molecule has 3 rings (SSSR count). The van der Waals surface area contributed by atoms with Gasteiger partial charge in [-0.1, -0.05) is 54.4 Å². The monoisotopic (exact) mass is 701 g/mol. The van der Waals surface area contributed by atoms with Gasteiger partial charge in [0.25, 0.3) is 10.0 Å². The Bertz CT molecular complexity index is 1380. The van der Waals surface area contributed by atoms with Crippen LogP contribution in [0.3, 0.4) is 0 Å². The Hall–Kier alpha value is -2.34. The molecule has 11 heteroatoms. The van der Waals surface area contributed by atoms with Crippen molar-refractivity contribution in [1.29, 1.82) is 0 Å². The Balaban J connectivity index is 2.09. The first-order valence-electron chi connectivity index (χ1n) is 12.3. The number of halogens is 3. The zero-order chi connectivity index (χ0) is 28.7. The van der Waals surface area contributed by atoms with E-state index in [9.17, 15) is 18.0 Å². The number of amides is 2. The van der Waals surface area contributed by atoms with Crippen LogP contribution in [0.25, 0.3) is 0 Å². The summed E-state index contributed by atoms with van der Waals surface area (Å²) in [5, 5.41) is 3.54. The third-order valence-corrected chi connectivity index (χ3v) is 9.15. The molecule has 0 aromatic heterocycles. The van der Waals surface area contributed by atoms with Crippen LogP contribution >= 0.6 is 45.8 Å². The summed E-state index contributed by atoms with van der Waals surface area (Å²) in [4.78, 5) is 28.6. The van der Waals surface area contributed by atoms with E-state index >= 15 is 0 Å². The molecule has 0 saturated heterocycles. The summed E-state index contributed by atoms with van der Waals surface area (Å²) in [6.07, 6.45) is 0.293. The summed E-state index contributed by atoms with van der Waals surface area (Å²) in [7, 11) is -4.13. The first kappa shape index (κ1) is 31.2. The van der Waals surface area contributed by atoms with Crippen molar-refractivity contribution in [2.24, 2.45) is 0 Å². The second kappa shape index (κ2) is 13.8. The molecular weight excluding hydrogens is 672 g/mol. The largest absolute Gasteiger partial charge is 0.352 e. The molecule has 3 aromatic rings. The number of nitrogens with zero attached hydrogens (tertiary/aromatic N) is 2. The number of hydrogen-bond donors (Lipinski definition) is 1. The third kappa shape index (κ3) is 7.87. The molecule has 1 N–H and O–H groups in total. The van der Waals surface area contributed by atoms with Gasteiger partial charge in [-0.2, -0.15) is 0 Å². The van der Waals surface area contributed by atoms with Crippen LogP contribution in [-0.2, 0) is 26.2 Å². The highest BCUT2D eigenvalue weighted by Gasteiger charge is 2.34.